The number of carbonyl (C=O) groups excluding carboxylic acids is 2. The van der Waals surface area contributed by atoms with Gasteiger partial charge in [0.25, 0.3) is 5.56 Å². The van der Waals surface area contributed by atoms with Crippen molar-refractivity contribution in [1.29, 1.82) is 0 Å². The number of carbonyl (C=O) groups is 2. The van der Waals surface area contributed by atoms with Crippen LogP contribution < -0.4 is 16.1 Å². The zero-order valence-corrected chi connectivity index (χ0v) is 20.0. The summed E-state index contributed by atoms with van der Waals surface area (Å²) in [6, 6.07) is 8.58. The number of hydrogen-bond acceptors (Lipinski definition) is 7. The Hall–Kier alpha value is -4.42. The third-order valence-electron chi connectivity index (χ3n) is 6.65. The van der Waals surface area contributed by atoms with Crippen LogP contribution in [0.5, 0.6) is 0 Å². The molecule has 198 valence electrons. The standard InChI is InChI=1S/C25H21F3N4O6/c1-37-22(34)20-21(33)31(19-7-3-4-16-17(19)5-2-6-18(16)25(26,27)28)23(35)32(29-20)15-10-8-14(9-11-15)30-12-13-38-24(30)36/h2,5-6,8-11,19H,3-4,7,12-13H2,1H3. The quantitative estimate of drug-likeness (QED) is 0.477. The van der Waals surface area contributed by atoms with Gasteiger partial charge in [-0.05, 0) is 60.7 Å². The highest BCUT2D eigenvalue weighted by atomic mass is 19.4. The number of nitrogens with zero attached hydrogens (tertiary/aromatic N) is 4. The molecule has 0 N–H and O–H groups in total. The summed E-state index contributed by atoms with van der Waals surface area (Å²) in [5.41, 5.74) is -2.69. The Labute approximate surface area is 212 Å². The number of halogens is 3. The molecule has 10 nitrogen and oxygen atoms in total. The minimum Gasteiger partial charge on any atom is -0.464 e. The third kappa shape index (κ3) is 4.23. The second-order valence-corrected chi connectivity index (χ2v) is 8.77. The number of alkyl halides is 3. The first-order valence-electron chi connectivity index (χ1n) is 11.7. The van der Waals surface area contributed by atoms with E-state index in [4.69, 9.17) is 4.74 Å². The van der Waals surface area contributed by atoms with E-state index in [1.165, 1.54) is 41.3 Å². The minimum absolute atomic E-state index is 0.00684. The number of aromatic nitrogens is 3. The Morgan fingerprint density at radius 3 is 2.42 bits per heavy atom. The minimum atomic E-state index is -4.61. The molecule has 0 spiro atoms. The highest BCUT2D eigenvalue weighted by Crippen LogP contribution is 2.40. The zero-order chi connectivity index (χ0) is 27.2. The number of methoxy groups -OCH3 is 1. The predicted molar refractivity (Wildman–Crippen MR) is 127 cm³/mol. The van der Waals surface area contributed by atoms with Crippen LogP contribution in [-0.4, -0.2) is 46.7 Å². The van der Waals surface area contributed by atoms with Crippen molar-refractivity contribution in [3.05, 3.63) is 85.7 Å². The van der Waals surface area contributed by atoms with Crippen molar-refractivity contribution in [3.63, 3.8) is 0 Å². The Balaban J connectivity index is 1.68. The fourth-order valence-electron chi connectivity index (χ4n) is 4.92. The molecular formula is C25H21F3N4O6. The van der Waals surface area contributed by atoms with Crippen LogP contribution in [-0.2, 0) is 22.1 Å². The van der Waals surface area contributed by atoms with Gasteiger partial charge in [0.15, 0.2) is 0 Å². The lowest BCUT2D eigenvalue weighted by molar-refractivity contribution is -0.138. The van der Waals surface area contributed by atoms with Crippen LogP contribution in [0, 0.1) is 0 Å². The number of cyclic esters (lactones) is 1. The van der Waals surface area contributed by atoms with Crippen LogP contribution >= 0.6 is 0 Å². The molecule has 38 heavy (non-hydrogen) atoms. The van der Waals surface area contributed by atoms with Crippen LogP contribution in [0.1, 0.15) is 46.1 Å². The van der Waals surface area contributed by atoms with E-state index in [0.29, 0.717) is 12.2 Å². The Morgan fingerprint density at radius 1 is 1.08 bits per heavy atom. The van der Waals surface area contributed by atoms with Gasteiger partial charge in [-0.15, -0.1) is 0 Å². The smallest absolute Gasteiger partial charge is 0.416 e. The second-order valence-electron chi connectivity index (χ2n) is 8.77. The van der Waals surface area contributed by atoms with Gasteiger partial charge in [-0.1, -0.05) is 12.1 Å². The summed E-state index contributed by atoms with van der Waals surface area (Å²) in [6.45, 7) is 0.572. The second kappa shape index (κ2) is 9.47. The summed E-state index contributed by atoms with van der Waals surface area (Å²) in [4.78, 5) is 52.7. The van der Waals surface area contributed by atoms with E-state index in [2.05, 4.69) is 9.84 Å². The first kappa shape index (κ1) is 25.2. The van der Waals surface area contributed by atoms with Crippen molar-refractivity contribution >= 4 is 17.7 Å². The van der Waals surface area contributed by atoms with Crippen molar-refractivity contribution in [2.75, 3.05) is 25.2 Å². The largest absolute Gasteiger partial charge is 0.464 e. The van der Waals surface area contributed by atoms with E-state index in [1.54, 1.807) is 0 Å². The van der Waals surface area contributed by atoms with Crippen molar-refractivity contribution in [2.45, 2.75) is 31.5 Å². The fraction of sp³-hybridized carbons (Fsp3) is 0.320. The number of esters is 1. The number of fused-ring (bicyclic) bond motifs is 1. The maximum Gasteiger partial charge on any atom is 0.416 e. The molecule has 1 unspecified atom stereocenters. The third-order valence-corrected chi connectivity index (χ3v) is 6.65. The molecule has 1 atom stereocenters. The first-order chi connectivity index (χ1) is 18.1. The molecule has 0 bridgehead atoms. The molecule has 1 aliphatic carbocycles. The molecule has 3 aromatic rings. The topological polar surface area (TPSA) is 113 Å². The van der Waals surface area contributed by atoms with Crippen LogP contribution in [0.4, 0.5) is 23.7 Å². The molecule has 1 saturated heterocycles. The molecule has 2 aliphatic rings. The highest BCUT2D eigenvalue weighted by molar-refractivity contribution is 5.89. The van der Waals surface area contributed by atoms with E-state index in [-0.39, 0.29) is 42.7 Å². The van der Waals surface area contributed by atoms with Gasteiger partial charge >= 0.3 is 23.9 Å². The van der Waals surface area contributed by atoms with Crippen LogP contribution in [0.15, 0.2) is 52.1 Å². The summed E-state index contributed by atoms with van der Waals surface area (Å²) in [7, 11) is 1.04. The SMILES string of the molecule is COC(=O)c1nn(-c2ccc(N3CCOC3=O)cc2)c(=O)n(C2CCCc3c2cccc3C(F)(F)F)c1=O. The summed E-state index contributed by atoms with van der Waals surface area (Å²) in [6.07, 6.45) is -4.53. The lowest BCUT2D eigenvalue weighted by Crippen LogP contribution is -2.47. The van der Waals surface area contributed by atoms with Crippen molar-refractivity contribution in [3.8, 4) is 5.69 Å². The fourth-order valence-corrected chi connectivity index (χ4v) is 4.92. The molecule has 1 aliphatic heterocycles. The monoisotopic (exact) mass is 530 g/mol. The molecule has 0 saturated carbocycles. The first-order valence-corrected chi connectivity index (χ1v) is 11.7. The Kier molecular flexibility index (Phi) is 6.29. The van der Waals surface area contributed by atoms with E-state index in [1.807, 2.05) is 0 Å². The number of anilines is 1. The number of amides is 1. The number of ether oxygens (including phenoxy) is 2. The molecule has 5 rings (SSSR count). The highest BCUT2D eigenvalue weighted by Gasteiger charge is 2.37. The zero-order valence-electron chi connectivity index (χ0n) is 20.0. The number of hydrogen-bond donors (Lipinski definition) is 0. The average molecular weight is 530 g/mol. The van der Waals surface area contributed by atoms with Gasteiger partial charge in [0.05, 0.1) is 30.9 Å². The van der Waals surface area contributed by atoms with Gasteiger partial charge in [-0.3, -0.25) is 9.69 Å². The molecule has 2 heterocycles. The van der Waals surface area contributed by atoms with Gasteiger partial charge in [-0.2, -0.15) is 23.0 Å². The van der Waals surface area contributed by atoms with E-state index < -0.39 is 46.8 Å². The Bertz CT molecular complexity index is 1540. The maximum atomic E-state index is 13.7. The van der Waals surface area contributed by atoms with Crippen molar-refractivity contribution < 1.29 is 32.2 Å². The van der Waals surface area contributed by atoms with E-state index >= 15 is 0 Å². The summed E-state index contributed by atoms with van der Waals surface area (Å²) in [5, 5.41) is 3.93. The number of benzene rings is 2. The number of rotatable bonds is 4. The Morgan fingerprint density at radius 2 is 1.79 bits per heavy atom. The lowest BCUT2D eigenvalue weighted by atomic mass is 9.84. The van der Waals surface area contributed by atoms with E-state index in [0.717, 1.165) is 22.4 Å². The van der Waals surface area contributed by atoms with E-state index in [9.17, 15) is 32.3 Å². The van der Waals surface area contributed by atoms with Gasteiger partial charge in [-0.25, -0.2) is 19.0 Å². The molecule has 1 aromatic heterocycles. The molecule has 1 amide bonds. The molecule has 0 radical (unpaired) electrons. The molecule has 1 fully saturated rings. The molecular weight excluding hydrogens is 509 g/mol. The summed E-state index contributed by atoms with van der Waals surface area (Å²) >= 11 is 0. The predicted octanol–water partition coefficient (Wildman–Crippen LogP) is 3.08. The van der Waals surface area contributed by atoms with Crippen LogP contribution in [0.3, 0.4) is 0 Å². The molecule has 2 aromatic carbocycles. The van der Waals surface area contributed by atoms with Crippen LogP contribution in [0.2, 0.25) is 0 Å². The lowest BCUT2D eigenvalue weighted by Gasteiger charge is -2.29. The molecule has 13 heteroatoms. The van der Waals surface area contributed by atoms with Crippen molar-refractivity contribution in [2.24, 2.45) is 0 Å². The average Bonchev–Trinajstić information content (AvgIpc) is 3.33. The summed E-state index contributed by atoms with van der Waals surface area (Å²) < 4.78 is 52.3. The van der Waals surface area contributed by atoms with Gasteiger partial charge in [0.1, 0.15) is 6.61 Å². The normalized spacial score (nSPS) is 17.2. The van der Waals surface area contributed by atoms with Crippen molar-refractivity contribution in [1.82, 2.24) is 14.3 Å². The summed E-state index contributed by atoms with van der Waals surface area (Å²) in [5.74, 6) is -1.10. The van der Waals surface area contributed by atoms with Crippen LogP contribution in [0.25, 0.3) is 5.69 Å². The maximum absolute atomic E-state index is 13.7. The van der Waals surface area contributed by atoms with Gasteiger partial charge in [0.2, 0.25) is 5.69 Å². The van der Waals surface area contributed by atoms with Gasteiger partial charge < -0.3 is 9.47 Å². The van der Waals surface area contributed by atoms with Gasteiger partial charge in [0, 0.05) is 5.69 Å².